The molecule has 1 aromatic heterocycles. The van der Waals surface area contributed by atoms with Crippen molar-refractivity contribution >= 4 is 16.9 Å². The molecule has 0 spiro atoms. The fourth-order valence-corrected chi connectivity index (χ4v) is 2.43. The summed E-state index contributed by atoms with van der Waals surface area (Å²) in [5.41, 5.74) is 6.60. The summed E-state index contributed by atoms with van der Waals surface area (Å²) in [6, 6.07) is 7.54. The van der Waals surface area contributed by atoms with Crippen LogP contribution in [-0.4, -0.2) is 29.1 Å². The second kappa shape index (κ2) is 4.42. The molecule has 0 amide bonds. The first-order chi connectivity index (χ1) is 8.74. The molecule has 1 atom stereocenters. The molecule has 2 heterocycles. The number of nitrogens with two attached hydrogens (primary N) is 1. The highest BCUT2D eigenvalue weighted by Gasteiger charge is 2.19. The van der Waals surface area contributed by atoms with Gasteiger partial charge in [0.25, 0.3) is 5.56 Å². The molecule has 0 radical (unpaired) electrons. The molecule has 1 saturated heterocycles. The number of nitrogens with one attached hydrogen (secondary N) is 1. The Balaban J connectivity index is 2.04. The number of hydrogen-bond donors (Lipinski definition) is 2. The lowest BCUT2D eigenvalue weighted by molar-refractivity contribution is 0.500. The van der Waals surface area contributed by atoms with E-state index >= 15 is 0 Å². The zero-order valence-electron chi connectivity index (χ0n) is 10.1. The van der Waals surface area contributed by atoms with Gasteiger partial charge in [-0.25, -0.2) is 4.98 Å². The standard InChI is InChI=1S/C13H16N4O/c14-9-4-3-7-17(8-9)13-15-11-6-2-1-5-10(11)12(18)16-13/h1-2,5-6,9H,3-4,7-8,14H2,(H,15,16,18)/t9-/m0/s1. The summed E-state index contributed by atoms with van der Waals surface area (Å²) in [4.78, 5) is 21.4. The molecule has 0 bridgehead atoms. The average molecular weight is 244 g/mol. The van der Waals surface area contributed by atoms with Crippen molar-refractivity contribution < 1.29 is 0 Å². The number of nitrogens with zero attached hydrogens (tertiary/aromatic N) is 2. The summed E-state index contributed by atoms with van der Waals surface area (Å²) in [5.74, 6) is 0.633. The highest BCUT2D eigenvalue weighted by Crippen LogP contribution is 2.16. The molecule has 2 aromatic rings. The van der Waals surface area contributed by atoms with Crippen molar-refractivity contribution in [2.24, 2.45) is 5.73 Å². The number of aromatic nitrogens is 2. The van der Waals surface area contributed by atoms with Gasteiger partial charge in [0.15, 0.2) is 0 Å². The number of hydrogen-bond acceptors (Lipinski definition) is 4. The number of piperidine rings is 1. The Morgan fingerprint density at radius 3 is 3.06 bits per heavy atom. The number of para-hydroxylation sites is 1. The van der Waals surface area contributed by atoms with Crippen molar-refractivity contribution in [3.63, 3.8) is 0 Å². The molecule has 94 valence electrons. The van der Waals surface area contributed by atoms with E-state index in [1.165, 1.54) is 0 Å². The van der Waals surface area contributed by atoms with Gasteiger partial charge < -0.3 is 10.6 Å². The molecule has 1 aromatic carbocycles. The normalized spacial score (nSPS) is 20.3. The van der Waals surface area contributed by atoms with Gasteiger partial charge in [-0.15, -0.1) is 0 Å². The lowest BCUT2D eigenvalue weighted by Crippen LogP contribution is -2.44. The van der Waals surface area contributed by atoms with Crippen molar-refractivity contribution in [1.82, 2.24) is 9.97 Å². The fraction of sp³-hybridized carbons (Fsp3) is 0.385. The van der Waals surface area contributed by atoms with Gasteiger partial charge in [-0.2, -0.15) is 0 Å². The number of rotatable bonds is 1. The van der Waals surface area contributed by atoms with Crippen LogP contribution in [0.4, 0.5) is 5.95 Å². The van der Waals surface area contributed by atoms with E-state index in [0.29, 0.717) is 11.3 Å². The summed E-state index contributed by atoms with van der Waals surface area (Å²) in [7, 11) is 0. The van der Waals surface area contributed by atoms with E-state index in [2.05, 4.69) is 14.9 Å². The highest BCUT2D eigenvalue weighted by molar-refractivity contribution is 5.78. The molecule has 1 aliphatic heterocycles. The van der Waals surface area contributed by atoms with Crippen LogP contribution in [0, 0.1) is 0 Å². The van der Waals surface area contributed by atoms with Crippen LogP contribution >= 0.6 is 0 Å². The van der Waals surface area contributed by atoms with Crippen LogP contribution in [0.3, 0.4) is 0 Å². The van der Waals surface area contributed by atoms with Crippen molar-refractivity contribution in [2.45, 2.75) is 18.9 Å². The van der Waals surface area contributed by atoms with Crippen molar-refractivity contribution in [2.75, 3.05) is 18.0 Å². The molecule has 3 rings (SSSR count). The third-order valence-electron chi connectivity index (χ3n) is 3.36. The smallest absolute Gasteiger partial charge is 0.260 e. The molecule has 0 aliphatic carbocycles. The molecule has 0 saturated carbocycles. The molecule has 3 N–H and O–H groups in total. The van der Waals surface area contributed by atoms with Gasteiger partial charge in [0, 0.05) is 19.1 Å². The first-order valence-electron chi connectivity index (χ1n) is 6.23. The first kappa shape index (κ1) is 11.2. The SMILES string of the molecule is N[C@H]1CCCN(c2nc3ccccc3c(=O)[nH]2)C1. The van der Waals surface area contributed by atoms with Crippen molar-refractivity contribution in [1.29, 1.82) is 0 Å². The predicted molar refractivity (Wildman–Crippen MR) is 71.8 cm³/mol. The van der Waals surface area contributed by atoms with E-state index in [1.807, 2.05) is 18.2 Å². The van der Waals surface area contributed by atoms with Gasteiger partial charge in [-0.05, 0) is 25.0 Å². The maximum absolute atomic E-state index is 12.0. The zero-order chi connectivity index (χ0) is 12.5. The molecule has 0 unspecified atom stereocenters. The van der Waals surface area contributed by atoms with Gasteiger partial charge in [-0.3, -0.25) is 9.78 Å². The van der Waals surface area contributed by atoms with Gasteiger partial charge in [0.1, 0.15) is 0 Å². The number of H-pyrrole nitrogens is 1. The Morgan fingerprint density at radius 2 is 2.22 bits per heavy atom. The quantitative estimate of drug-likeness (QED) is 0.780. The van der Waals surface area contributed by atoms with Crippen molar-refractivity contribution in [3.8, 4) is 0 Å². The van der Waals surface area contributed by atoms with Gasteiger partial charge >= 0.3 is 0 Å². The maximum Gasteiger partial charge on any atom is 0.260 e. The Morgan fingerprint density at radius 1 is 1.39 bits per heavy atom. The van der Waals surface area contributed by atoms with Crippen LogP contribution < -0.4 is 16.2 Å². The van der Waals surface area contributed by atoms with E-state index in [4.69, 9.17) is 5.73 Å². The first-order valence-corrected chi connectivity index (χ1v) is 6.23. The van der Waals surface area contributed by atoms with Gasteiger partial charge in [-0.1, -0.05) is 12.1 Å². The molecule has 5 heteroatoms. The summed E-state index contributed by atoms with van der Waals surface area (Å²) < 4.78 is 0. The average Bonchev–Trinajstić information content (AvgIpc) is 2.39. The largest absolute Gasteiger partial charge is 0.341 e. The van der Waals surface area contributed by atoms with Gasteiger partial charge in [0.2, 0.25) is 5.95 Å². The van der Waals surface area contributed by atoms with E-state index in [-0.39, 0.29) is 11.6 Å². The van der Waals surface area contributed by atoms with E-state index in [9.17, 15) is 4.79 Å². The minimum absolute atomic E-state index is 0.0882. The Kier molecular flexibility index (Phi) is 2.76. The third kappa shape index (κ3) is 1.97. The molecular weight excluding hydrogens is 228 g/mol. The number of fused-ring (bicyclic) bond motifs is 1. The number of anilines is 1. The van der Waals surface area contributed by atoms with Crippen molar-refractivity contribution in [3.05, 3.63) is 34.6 Å². The van der Waals surface area contributed by atoms with E-state index in [1.54, 1.807) is 6.07 Å². The number of aromatic amines is 1. The Hall–Kier alpha value is -1.88. The summed E-state index contributed by atoms with van der Waals surface area (Å²) in [6.45, 7) is 1.65. The monoisotopic (exact) mass is 244 g/mol. The Bertz CT molecular complexity index is 622. The summed E-state index contributed by atoms with van der Waals surface area (Å²) in [5, 5.41) is 0.627. The van der Waals surface area contributed by atoms with Gasteiger partial charge in [0.05, 0.1) is 10.9 Å². The van der Waals surface area contributed by atoms with Crippen LogP contribution in [0.5, 0.6) is 0 Å². The lowest BCUT2D eigenvalue weighted by Gasteiger charge is -2.31. The highest BCUT2D eigenvalue weighted by atomic mass is 16.1. The lowest BCUT2D eigenvalue weighted by atomic mass is 10.1. The molecular formula is C13H16N4O. The molecule has 18 heavy (non-hydrogen) atoms. The maximum atomic E-state index is 12.0. The van der Waals surface area contributed by atoms with E-state index in [0.717, 1.165) is 31.4 Å². The van der Waals surface area contributed by atoms with Crippen LogP contribution in [0.2, 0.25) is 0 Å². The fourth-order valence-electron chi connectivity index (χ4n) is 2.43. The molecule has 1 fully saturated rings. The third-order valence-corrected chi connectivity index (χ3v) is 3.36. The predicted octanol–water partition coefficient (Wildman–Crippen LogP) is 0.851. The second-order valence-corrected chi connectivity index (χ2v) is 4.76. The zero-order valence-corrected chi connectivity index (χ0v) is 10.1. The van der Waals surface area contributed by atoms with E-state index < -0.39 is 0 Å². The van der Waals surface area contributed by atoms with Crippen LogP contribution in [-0.2, 0) is 0 Å². The minimum atomic E-state index is -0.0882. The molecule has 1 aliphatic rings. The van der Waals surface area contributed by atoms with Crippen LogP contribution in [0.1, 0.15) is 12.8 Å². The summed E-state index contributed by atoms with van der Waals surface area (Å²) >= 11 is 0. The second-order valence-electron chi connectivity index (χ2n) is 4.76. The number of benzene rings is 1. The summed E-state index contributed by atoms with van der Waals surface area (Å²) in [6.07, 6.45) is 2.08. The Labute approximate surface area is 105 Å². The topological polar surface area (TPSA) is 75.0 Å². The molecule has 5 nitrogen and oxygen atoms in total. The minimum Gasteiger partial charge on any atom is -0.341 e. The van der Waals surface area contributed by atoms with Crippen LogP contribution in [0.25, 0.3) is 10.9 Å². The van der Waals surface area contributed by atoms with Crippen LogP contribution in [0.15, 0.2) is 29.1 Å².